The largest absolute Gasteiger partial charge is 0.508 e. The topological polar surface area (TPSA) is 43.7 Å². The molecule has 0 heterocycles. The van der Waals surface area contributed by atoms with Crippen LogP contribution >= 0.6 is 0 Å². The number of alkyl halides is 8. The number of hydrogen-bond donors (Lipinski definition) is 2. The zero-order valence-electron chi connectivity index (χ0n) is 27.3. The minimum atomic E-state index is -6.27. The van der Waals surface area contributed by atoms with Crippen LogP contribution in [0.1, 0.15) is 114 Å². The summed E-state index contributed by atoms with van der Waals surface area (Å²) >= 11 is 0. The normalized spacial score (nSPS) is 31.5. The second-order valence-corrected chi connectivity index (χ2v) is 15.0. The van der Waals surface area contributed by atoms with Crippen LogP contribution < -0.4 is 0 Å². The molecule has 2 fully saturated rings. The Morgan fingerprint density at radius 3 is 2.15 bits per heavy atom. The molecule has 11 heteroatoms. The summed E-state index contributed by atoms with van der Waals surface area (Å²) in [6, 6.07) is 5.35. The standard InChI is InChI=1S/C35H51F8NO2/c1-31-22-28(36)30-26-14-13-25(45)21-24(26)20-23(29(30)27(31)15-17-32(31,2)46)12-8-7-11-19-44(3)18-10-6-4-5-9-16-33(37,38)34(39,40)35(41,42)43/h13-14,21,23,27-30,45-46H,4-12,15-20,22H2,1-3H3. The number of rotatable bonds is 15. The Kier molecular flexibility index (Phi) is 11.4. The molecule has 0 spiro atoms. The van der Waals surface area contributed by atoms with E-state index in [0.717, 1.165) is 69.2 Å². The third kappa shape index (κ3) is 7.50. The lowest BCUT2D eigenvalue weighted by molar-refractivity contribution is -0.355. The molecule has 0 aliphatic heterocycles. The minimum absolute atomic E-state index is 0.148. The number of nitrogens with zero attached hydrogens (tertiary/aromatic N) is 1. The maximum Gasteiger partial charge on any atom is 0.459 e. The van der Waals surface area contributed by atoms with E-state index in [9.17, 15) is 40.9 Å². The zero-order chi connectivity index (χ0) is 34.1. The molecule has 3 aliphatic rings. The van der Waals surface area contributed by atoms with Gasteiger partial charge in [-0.2, -0.15) is 30.7 Å². The Morgan fingerprint density at radius 1 is 0.891 bits per heavy atom. The lowest BCUT2D eigenvalue weighted by atomic mass is 9.50. The minimum Gasteiger partial charge on any atom is -0.508 e. The van der Waals surface area contributed by atoms with Gasteiger partial charge in [-0.25, -0.2) is 4.39 Å². The summed E-state index contributed by atoms with van der Waals surface area (Å²) in [7, 11) is 1.99. The van der Waals surface area contributed by atoms with E-state index < -0.39 is 48.1 Å². The highest BCUT2D eigenvalue weighted by atomic mass is 19.4. The summed E-state index contributed by atoms with van der Waals surface area (Å²) in [4.78, 5) is 2.18. The average molecular weight is 670 g/mol. The Balaban J connectivity index is 1.19. The Labute approximate surface area is 268 Å². The summed E-state index contributed by atoms with van der Waals surface area (Å²) in [5, 5.41) is 21.4. The molecule has 2 N–H and O–H groups in total. The molecule has 7 atom stereocenters. The monoisotopic (exact) mass is 669 g/mol. The molecule has 0 amide bonds. The van der Waals surface area contributed by atoms with Gasteiger partial charge >= 0.3 is 18.0 Å². The van der Waals surface area contributed by atoms with Gasteiger partial charge in [0.25, 0.3) is 0 Å². The molecule has 0 aromatic heterocycles. The van der Waals surface area contributed by atoms with Crippen molar-refractivity contribution in [1.82, 2.24) is 4.90 Å². The van der Waals surface area contributed by atoms with Crippen LogP contribution in [0, 0.1) is 23.2 Å². The molecule has 2 saturated carbocycles. The third-order valence-corrected chi connectivity index (χ3v) is 11.9. The first kappa shape index (κ1) is 37.2. The van der Waals surface area contributed by atoms with Crippen LogP contribution in [0.4, 0.5) is 35.1 Å². The number of benzene rings is 1. The van der Waals surface area contributed by atoms with Crippen molar-refractivity contribution < 1.29 is 45.3 Å². The van der Waals surface area contributed by atoms with Gasteiger partial charge < -0.3 is 15.1 Å². The van der Waals surface area contributed by atoms with Crippen molar-refractivity contribution in [2.45, 2.75) is 139 Å². The van der Waals surface area contributed by atoms with Gasteiger partial charge in [-0.1, -0.05) is 45.1 Å². The van der Waals surface area contributed by atoms with Crippen LogP contribution in [0.2, 0.25) is 0 Å². The van der Waals surface area contributed by atoms with Gasteiger partial charge in [0.2, 0.25) is 0 Å². The van der Waals surface area contributed by atoms with Crippen molar-refractivity contribution in [2.24, 2.45) is 23.2 Å². The Bertz CT molecular complexity index is 1160. The first-order chi connectivity index (χ1) is 21.3. The lowest BCUT2D eigenvalue weighted by Gasteiger charge is -2.56. The fourth-order valence-electron chi connectivity index (χ4n) is 8.98. The van der Waals surface area contributed by atoms with E-state index >= 15 is 4.39 Å². The molecule has 46 heavy (non-hydrogen) atoms. The van der Waals surface area contributed by atoms with Gasteiger partial charge in [-0.05, 0) is 119 Å². The molecular formula is C35H51F8NO2. The molecule has 0 radical (unpaired) electrons. The number of aromatic hydroxyl groups is 1. The number of phenolic OH excluding ortho intramolecular Hbond substituents is 1. The van der Waals surface area contributed by atoms with Crippen LogP contribution in [-0.4, -0.2) is 65.0 Å². The van der Waals surface area contributed by atoms with E-state index in [1.54, 1.807) is 12.1 Å². The van der Waals surface area contributed by atoms with E-state index in [1.807, 2.05) is 20.0 Å². The van der Waals surface area contributed by atoms with Crippen molar-refractivity contribution >= 4 is 0 Å². The second kappa shape index (κ2) is 14.1. The highest BCUT2D eigenvalue weighted by Gasteiger charge is 2.72. The molecule has 7 unspecified atom stereocenters. The number of unbranched alkanes of at least 4 members (excludes halogenated alkanes) is 6. The van der Waals surface area contributed by atoms with Crippen molar-refractivity contribution in [1.29, 1.82) is 0 Å². The molecule has 1 aromatic rings. The van der Waals surface area contributed by atoms with E-state index in [1.165, 1.54) is 0 Å². The van der Waals surface area contributed by atoms with Gasteiger partial charge in [0, 0.05) is 17.8 Å². The van der Waals surface area contributed by atoms with Gasteiger partial charge in [0.15, 0.2) is 0 Å². The molecule has 4 rings (SSSR count). The highest BCUT2D eigenvalue weighted by molar-refractivity contribution is 5.41. The predicted octanol–water partition coefficient (Wildman–Crippen LogP) is 9.84. The van der Waals surface area contributed by atoms with Crippen LogP contribution in [-0.2, 0) is 6.42 Å². The summed E-state index contributed by atoms with van der Waals surface area (Å²) in [5.41, 5.74) is 0.702. The molecule has 0 bridgehead atoms. The van der Waals surface area contributed by atoms with Crippen molar-refractivity contribution in [3.63, 3.8) is 0 Å². The number of hydrogen-bond acceptors (Lipinski definition) is 3. The molecule has 1 aromatic carbocycles. The predicted molar refractivity (Wildman–Crippen MR) is 162 cm³/mol. The summed E-state index contributed by atoms with van der Waals surface area (Å²) in [6.07, 6.45) is -0.455. The van der Waals surface area contributed by atoms with Crippen LogP contribution in [0.5, 0.6) is 5.75 Å². The van der Waals surface area contributed by atoms with E-state index in [-0.39, 0.29) is 35.8 Å². The van der Waals surface area contributed by atoms with Crippen LogP contribution in [0.25, 0.3) is 0 Å². The first-order valence-corrected chi connectivity index (χ1v) is 17.0. The average Bonchev–Trinajstić information content (AvgIpc) is 3.18. The molecule has 3 nitrogen and oxygen atoms in total. The number of fused-ring (bicyclic) bond motifs is 5. The maximum absolute atomic E-state index is 16.1. The molecule has 0 saturated heterocycles. The Morgan fingerprint density at radius 2 is 1.50 bits per heavy atom. The van der Waals surface area contributed by atoms with E-state index in [4.69, 9.17) is 0 Å². The van der Waals surface area contributed by atoms with Gasteiger partial charge in [-0.3, -0.25) is 0 Å². The van der Waals surface area contributed by atoms with Crippen LogP contribution in [0.15, 0.2) is 18.2 Å². The van der Waals surface area contributed by atoms with Crippen molar-refractivity contribution in [2.75, 3.05) is 20.1 Å². The summed E-state index contributed by atoms with van der Waals surface area (Å²) < 4.78 is 106. The number of aliphatic hydroxyl groups is 1. The van der Waals surface area contributed by atoms with E-state index in [0.29, 0.717) is 25.7 Å². The van der Waals surface area contributed by atoms with Crippen LogP contribution in [0.3, 0.4) is 0 Å². The summed E-state index contributed by atoms with van der Waals surface area (Å²) in [6.45, 7) is 5.58. The van der Waals surface area contributed by atoms with Crippen molar-refractivity contribution in [3.05, 3.63) is 29.3 Å². The first-order valence-electron chi connectivity index (χ1n) is 17.0. The second-order valence-electron chi connectivity index (χ2n) is 15.0. The SMILES string of the molecule is CN(CCCCCCCC(F)(F)C(F)(F)C(F)(F)F)CCCCCC1Cc2cc(O)ccc2C2C(F)CC3(C)C(CCC3(C)O)C12. The number of halogens is 8. The fourth-order valence-corrected chi connectivity index (χ4v) is 8.98. The van der Waals surface area contributed by atoms with Gasteiger partial charge in [0.05, 0.1) is 5.60 Å². The molecular weight excluding hydrogens is 618 g/mol. The lowest BCUT2D eigenvalue weighted by Crippen LogP contribution is -2.54. The maximum atomic E-state index is 16.1. The number of phenols is 1. The Hall–Kier alpha value is -1.62. The van der Waals surface area contributed by atoms with E-state index in [2.05, 4.69) is 11.8 Å². The fraction of sp³-hybridized carbons (Fsp3) is 0.829. The molecule has 264 valence electrons. The van der Waals surface area contributed by atoms with Crippen molar-refractivity contribution in [3.8, 4) is 5.75 Å². The smallest absolute Gasteiger partial charge is 0.459 e. The quantitative estimate of drug-likeness (QED) is 0.144. The van der Waals surface area contributed by atoms with Gasteiger partial charge in [0.1, 0.15) is 11.9 Å². The highest BCUT2D eigenvalue weighted by Crippen LogP contribution is 2.66. The molecule has 3 aliphatic carbocycles. The van der Waals surface area contributed by atoms with Gasteiger partial charge in [-0.15, -0.1) is 0 Å². The summed E-state index contributed by atoms with van der Waals surface area (Å²) in [5.74, 6) is -10.5. The zero-order valence-corrected chi connectivity index (χ0v) is 27.3. The third-order valence-electron chi connectivity index (χ3n) is 11.9.